The standard InChI is InChI=1S/C21H20N6O3/c1-14-2-7-24-27(14)13-20(29)25-19-10-15(3-6-23-19)21(30)17-12-26(8-9-28)18-4-5-22-11-16(17)18/h2-7,10-12,28H,8-9,13H2,1H3,(H,23,25,29). The number of carbonyl (C=O) groups excluding carboxylic acids is 2. The lowest BCUT2D eigenvalue weighted by Gasteiger charge is -2.07. The van der Waals surface area contributed by atoms with E-state index in [0.717, 1.165) is 11.2 Å². The fourth-order valence-electron chi connectivity index (χ4n) is 3.29. The molecule has 4 aromatic heterocycles. The molecule has 2 N–H and O–H groups in total. The Labute approximate surface area is 172 Å². The van der Waals surface area contributed by atoms with Gasteiger partial charge < -0.3 is 15.0 Å². The smallest absolute Gasteiger partial charge is 0.247 e. The van der Waals surface area contributed by atoms with E-state index in [9.17, 15) is 14.7 Å². The summed E-state index contributed by atoms with van der Waals surface area (Å²) in [6.07, 6.45) is 8.10. The van der Waals surface area contributed by atoms with Gasteiger partial charge in [0, 0.05) is 59.7 Å². The van der Waals surface area contributed by atoms with Crippen molar-refractivity contribution in [3.8, 4) is 0 Å². The molecule has 0 radical (unpaired) electrons. The van der Waals surface area contributed by atoms with E-state index >= 15 is 0 Å². The molecular formula is C21H20N6O3. The summed E-state index contributed by atoms with van der Waals surface area (Å²) in [4.78, 5) is 33.7. The summed E-state index contributed by atoms with van der Waals surface area (Å²) < 4.78 is 3.40. The third-order valence-electron chi connectivity index (χ3n) is 4.78. The highest BCUT2D eigenvalue weighted by molar-refractivity contribution is 6.16. The normalized spacial score (nSPS) is 11.0. The Morgan fingerprint density at radius 1 is 1.17 bits per heavy atom. The maximum atomic E-state index is 13.2. The number of nitrogens with one attached hydrogen (secondary N) is 1. The molecule has 4 heterocycles. The minimum Gasteiger partial charge on any atom is -0.395 e. The summed E-state index contributed by atoms with van der Waals surface area (Å²) in [6, 6.07) is 6.76. The molecular weight excluding hydrogens is 384 g/mol. The zero-order valence-corrected chi connectivity index (χ0v) is 16.3. The van der Waals surface area contributed by atoms with Crippen LogP contribution in [0.15, 0.2) is 55.2 Å². The molecule has 152 valence electrons. The van der Waals surface area contributed by atoms with Gasteiger partial charge in [-0.05, 0) is 31.2 Å². The molecule has 0 fully saturated rings. The van der Waals surface area contributed by atoms with Gasteiger partial charge in [0.05, 0.1) is 12.1 Å². The Bertz CT molecular complexity index is 1230. The number of pyridine rings is 2. The Hall–Kier alpha value is -3.85. The number of carbonyl (C=O) groups is 2. The summed E-state index contributed by atoms with van der Waals surface area (Å²) in [7, 11) is 0. The first-order valence-corrected chi connectivity index (χ1v) is 9.39. The zero-order valence-electron chi connectivity index (χ0n) is 16.3. The Morgan fingerprint density at radius 3 is 2.80 bits per heavy atom. The van der Waals surface area contributed by atoms with Crippen molar-refractivity contribution in [2.75, 3.05) is 11.9 Å². The molecule has 0 bridgehead atoms. The van der Waals surface area contributed by atoms with E-state index in [2.05, 4.69) is 20.4 Å². The minimum absolute atomic E-state index is 0.0408. The monoisotopic (exact) mass is 404 g/mol. The number of aliphatic hydroxyl groups is 1. The lowest BCUT2D eigenvalue weighted by atomic mass is 10.0. The van der Waals surface area contributed by atoms with Gasteiger partial charge in [-0.25, -0.2) is 4.98 Å². The predicted molar refractivity (Wildman–Crippen MR) is 110 cm³/mol. The number of aromatic nitrogens is 5. The zero-order chi connectivity index (χ0) is 21.1. The van der Waals surface area contributed by atoms with Crippen LogP contribution in [0, 0.1) is 6.92 Å². The lowest BCUT2D eigenvalue weighted by Crippen LogP contribution is -2.21. The van der Waals surface area contributed by atoms with Crippen LogP contribution in [0.3, 0.4) is 0 Å². The molecule has 0 aromatic carbocycles. The van der Waals surface area contributed by atoms with Crippen molar-refractivity contribution in [2.45, 2.75) is 20.0 Å². The highest BCUT2D eigenvalue weighted by atomic mass is 16.3. The van der Waals surface area contributed by atoms with E-state index < -0.39 is 0 Å². The Kier molecular flexibility index (Phi) is 5.36. The van der Waals surface area contributed by atoms with Crippen molar-refractivity contribution in [3.05, 3.63) is 72.1 Å². The van der Waals surface area contributed by atoms with E-state index in [1.165, 1.54) is 6.20 Å². The number of fused-ring (bicyclic) bond motifs is 1. The molecule has 0 spiro atoms. The Morgan fingerprint density at radius 2 is 2.03 bits per heavy atom. The molecule has 30 heavy (non-hydrogen) atoms. The molecule has 9 heteroatoms. The Balaban J connectivity index is 1.58. The van der Waals surface area contributed by atoms with Gasteiger partial charge in [-0.2, -0.15) is 5.10 Å². The van der Waals surface area contributed by atoms with E-state index in [4.69, 9.17) is 0 Å². The molecule has 0 saturated carbocycles. The second-order valence-electron chi connectivity index (χ2n) is 6.79. The molecule has 9 nitrogen and oxygen atoms in total. The van der Waals surface area contributed by atoms with Gasteiger partial charge in [0.1, 0.15) is 12.4 Å². The topological polar surface area (TPSA) is 115 Å². The number of aliphatic hydroxyl groups excluding tert-OH is 1. The first-order chi connectivity index (χ1) is 14.6. The van der Waals surface area contributed by atoms with E-state index in [1.54, 1.807) is 47.7 Å². The number of nitrogens with zero attached hydrogens (tertiary/aromatic N) is 5. The molecule has 0 aliphatic carbocycles. The lowest BCUT2D eigenvalue weighted by molar-refractivity contribution is -0.117. The van der Waals surface area contributed by atoms with Gasteiger partial charge in [-0.15, -0.1) is 0 Å². The van der Waals surface area contributed by atoms with Crippen molar-refractivity contribution in [3.63, 3.8) is 0 Å². The highest BCUT2D eigenvalue weighted by Gasteiger charge is 2.18. The van der Waals surface area contributed by atoms with Gasteiger partial charge >= 0.3 is 0 Å². The van der Waals surface area contributed by atoms with Gasteiger partial charge in [0.15, 0.2) is 5.78 Å². The molecule has 0 aliphatic heterocycles. The van der Waals surface area contributed by atoms with Crippen molar-refractivity contribution < 1.29 is 14.7 Å². The van der Waals surface area contributed by atoms with Crippen LogP contribution in [-0.2, 0) is 17.9 Å². The van der Waals surface area contributed by atoms with Gasteiger partial charge in [0.25, 0.3) is 0 Å². The summed E-state index contributed by atoms with van der Waals surface area (Å²) in [5, 5.41) is 16.8. The summed E-state index contributed by atoms with van der Waals surface area (Å²) in [6.45, 7) is 2.25. The first kappa shape index (κ1) is 19.5. The van der Waals surface area contributed by atoms with E-state index in [1.807, 2.05) is 17.6 Å². The number of anilines is 1. The summed E-state index contributed by atoms with van der Waals surface area (Å²) >= 11 is 0. The summed E-state index contributed by atoms with van der Waals surface area (Å²) in [5.74, 6) is -0.221. The van der Waals surface area contributed by atoms with Crippen LogP contribution in [0.1, 0.15) is 21.6 Å². The third kappa shape index (κ3) is 3.83. The fraction of sp³-hybridized carbons (Fsp3) is 0.190. The van der Waals surface area contributed by atoms with Crippen LogP contribution < -0.4 is 5.32 Å². The van der Waals surface area contributed by atoms with E-state index in [0.29, 0.717) is 23.1 Å². The van der Waals surface area contributed by atoms with Crippen molar-refractivity contribution >= 4 is 28.4 Å². The van der Waals surface area contributed by atoms with Crippen LogP contribution >= 0.6 is 0 Å². The molecule has 0 saturated heterocycles. The molecule has 0 unspecified atom stereocenters. The number of hydrogen-bond donors (Lipinski definition) is 2. The van der Waals surface area contributed by atoms with Crippen LogP contribution in [0.25, 0.3) is 10.9 Å². The van der Waals surface area contributed by atoms with E-state index in [-0.39, 0.29) is 30.7 Å². The van der Waals surface area contributed by atoms with Gasteiger partial charge in [-0.1, -0.05) is 0 Å². The number of rotatable bonds is 7. The molecule has 0 aliphatic rings. The SMILES string of the molecule is Cc1ccnn1CC(=O)Nc1cc(C(=O)c2cn(CCO)c3ccncc23)ccn1. The quantitative estimate of drug-likeness (QED) is 0.454. The van der Waals surface area contributed by atoms with Crippen molar-refractivity contribution in [2.24, 2.45) is 0 Å². The number of amides is 1. The average Bonchev–Trinajstić information content (AvgIpc) is 3.32. The molecule has 0 atom stereocenters. The average molecular weight is 404 g/mol. The predicted octanol–water partition coefficient (Wildman–Crippen LogP) is 1.80. The van der Waals surface area contributed by atoms with Crippen LogP contribution in [0.2, 0.25) is 0 Å². The minimum atomic E-state index is -0.289. The number of ketones is 1. The fourth-order valence-corrected chi connectivity index (χ4v) is 3.29. The second kappa shape index (κ2) is 8.26. The van der Waals surface area contributed by atoms with Gasteiger partial charge in [0.2, 0.25) is 5.91 Å². The third-order valence-corrected chi connectivity index (χ3v) is 4.78. The molecule has 1 amide bonds. The van der Waals surface area contributed by atoms with Crippen LogP contribution in [0.4, 0.5) is 5.82 Å². The van der Waals surface area contributed by atoms with Crippen molar-refractivity contribution in [1.29, 1.82) is 0 Å². The number of aryl methyl sites for hydroxylation is 1. The van der Waals surface area contributed by atoms with Gasteiger partial charge in [-0.3, -0.25) is 19.3 Å². The molecule has 4 aromatic rings. The van der Waals surface area contributed by atoms with Crippen LogP contribution in [-0.4, -0.2) is 47.7 Å². The largest absolute Gasteiger partial charge is 0.395 e. The molecule has 4 rings (SSSR count). The van der Waals surface area contributed by atoms with Crippen molar-refractivity contribution in [1.82, 2.24) is 24.3 Å². The second-order valence-corrected chi connectivity index (χ2v) is 6.79. The van der Waals surface area contributed by atoms with Crippen LogP contribution in [0.5, 0.6) is 0 Å². The number of hydrogen-bond acceptors (Lipinski definition) is 6. The maximum absolute atomic E-state index is 13.2. The first-order valence-electron chi connectivity index (χ1n) is 9.39. The highest BCUT2D eigenvalue weighted by Crippen LogP contribution is 2.23. The summed E-state index contributed by atoms with van der Waals surface area (Å²) in [5.41, 5.74) is 2.55. The maximum Gasteiger partial charge on any atom is 0.247 e.